The van der Waals surface area contributed by atoms with Gasteiger partial charge < -0.3 is 30.0 Å². The van der Waals surface area contributed by atoms with Crippen molar-refractivity contribution < 1.29 is 23.7 Å². The van der Waals surface area contributed by atoms with E-state index in [1.54, 1.807) is 6.07 Å². The highest BCUT2D eigenvalue weighted by Crippen LogP contribution is 2.47. The van der Waals surface area contributed by atoms with Crippen molar-refractivity contribution in [3.63, 3.8) is 0 Å². The lowest BCUT2D eigenvalue weighted by molar-refractivity contribution is 0.0946. The standard InChI is InChI=1S/C27H32N2O5/c1-17-12-18(2)14-20(13-17)16-29-27(30)22-15-23(25(32-4)26(33-5)24(22)31-3)34-21-8-6-19(7-9-21)10-11-28/h6-9,12-15H,10-11,16,28H2,1-5H3,(H,29,30). The fourth-order valence-electron chi connectivity index (χ4n) is 3.89. The fraction of sp³-hybridized carbons (Fsp3) is 0.296. The number of hydrogen-bond acceptors (Lipinski definition) is 6. The van der Waals surface area contributed by atoms with Crippen molar-refractivity contribution in [2.75, 3.05) is 27.9 Å². The Morgan fingerprint density at radius 3 is 2.00 bits per heavy atom. The SMILES string of the molecule is COc1c(Oc2ccc(CCN)cc2)cc(C(=O)NCc2cc(C)cc(C)c2)c(OC)c1OC. The van der Waals surface area contributed by atoms with Crippen LogP contribution in [-0.4, -0.2) is 33.8 Å². The minimum atomic E-state index is -0.319. The second kappa shape index (κ2) is 11.4. The summed E-state index contributed by atoms with van der Waals surface area (Å²) in [6.45, 7) is 5.01. The molecule has 0 saturated carbocycles. The lowest BCUT2D eigenvalue weighted by Crippen LogP contribution is -2.23. The minimum Gasteiger partial charge on any atom is -0.492 e. The molecule has 1 amide bonds. The van der Waals surface area contributed by atoms with Crippen LogP contribution in [0, 0.1) is 13.8 Å². The van der Waals surface area contributed by atoms with Crippen molar-refractivity contribution >= 4 is 5.91 Å². The predicted molar refractivity (Wildman–Crippen MR) is 132 cm³/mol. The lowest BCUT2D eigenvalue weighted by atomic mass is 10.1. The lowest BCUT2D eigenvalue weighted by Gasteiger charge is -2.19. The van der Waals surface area contributed by atoms with Gasteiger partial charge >= 0.3 is 0 Å². The molecule has 0 aromatic heterocycles. The summed E-state index contributed by atoms with van der Waals surface area (Å²) in [6.07, 6.45) is 0.782. The molecular weight excluding hydrogens is 432 g/mol. The van der Waals surface area contributed by atoms with Gasteiger partial charge in [0, 0.05) is 12.6 Å². The highest BCUT2D eigenvalue weighted by Gasteiger charge is 2.26. The molecule has 180 valence electrons. The van der Waals surface area contributed by atoms with Gasteiger partial charge in [0.2, 0.25) is 11.5 Å². The molecule has 3 rings (SSSR count). The van der Waals surface area contributed by atoms with E-state index in [1.807, 2.05) is 50.2 Å². The molecule has 0 spiro atoms. The molecule has 0 unspecified atom stereocenters. The zero-order valence-electron chi connectivity index (χ0n) is 20.4. The topological polar surface area (TPSA) is 92.0 Å². The molecule has 0 aliphatic carbocycles. The smallest absolute Gasteiger partial charge is 0.255 e. The Morgan fingerprint density at radius 2 is 1.44 bits per heavy atom. The molecule has 0 heterocycles. The average molecular weight is 465 g/mol. The Kier molecular flexibility index (Phi) is 8.38. The summed E-state index contributed by atoms with van der Waals surface area (Å²) in [4.78, 5) is 13.2. The van der Waals surface area contributed by atoms with Crippen LogP contribution in [0.3, 0.4) is 0 Å². The Morgan fingerprint density at radius 1 is 0.824 bits per heavy atom. The Labute approximate surface area is 200 Å². The Balaban J connectivity index is 1.94. The van der Waals surface area contributed by atoms with E-state index in [0.29, 0.717) is 30.3 Å². The van der Waals surface area contributed by atoms with Crippen molar-refractivity contribution in [1.29, 1.82) is 0 Å². The molecule has 0 radical (unpaired) electrons. The monoisotopic (exact) mass is 464 g/mol. The maximum Gasteiger partial charge on any atom is 0.255 e. The van der Waals surface area contributed by atoms with Gasteiger partial charge in [-0.25, -0.2) is 0 Å². The Bertz CT molecular complexity index is 1120. The highest BCUT2D eigenvalue weighted by atomic mass is 16.5. The minimum absolute atomic E-state index is 0.267. The number of rotatable bonds is 10. The number of nitrogens with one attached hydrogen (secondary N) is 1. The van der Waals surface area contributed by atoms with Gasteiger partial charge in [-0.1, -0.05) is 41.5 Å². The second-order valence-corrected chi connectivity index (χ2v) is 7.99. The zero-order valence-corrected chi connectivity index (χ0v) is 20.4. The quantitative estimate of drug-likeness (QED) is 0.457. The van der Waals surface area contributed by atoms with Crippen molar-refractivity contribution in [3.8, 4) is 28.7 Å². The van der Waals surface area contributed by atoms with Crippen LogP contribution in [0.25, 0.3) is 0 Å². The first-order valence-electron chi connectivity index (χ1n) is 11.0. The van der Waals surface area contributed by atoms with Crippen LogP contribution >= 0.6 is 0 Å². The first kappa shape index (κ1) is 24.9. The van der Waals surface area contributed by atoms with Crippen molar-refractivity contribution in [3.05, 3.63) is 76.3 Å². The summed E-state index contributed by atoms with van der Waals surface area (Å²) in [6, 6.07) is 15.4. The van der Waals surface area contributed by atoms with Crippen LogP contribution in [0.5, 0.6) is 28.7 Å². The number of hydrogen-bond donors (Lipinski definition) is 2. The van der Waals surface area contributed by atoms with Crippen molar-refractivity contribution in [2.45, 2.75) is 26.8 Å². The highest BCUT2D eigenvalue weighted by molar-refractivity contribution is 5.99. The number of aryl methyl sites for hydroxylation is 2. The van der Waals surface area contributed by atoms with Crippen LogP contribution in [0.4, 0.5) is 0 Å². The molecular formula is C27H32N2O5. The third kappa shape index (κ3) is 5.80. The van der Waals surface area contributed by atoms with Crippen LogP contribution in [-0.2, 0) is 13.0 Å². The van der Waals surface area contributed by atoms with E-state index in [-0.39, 0.29) is 23.0 Å². The normalized spacial score (nSPS) is 10.5. The van der Waals surface area contributed by atoms with Gasteiger partial charge in [0.15, 0.2) is 11.5 Å². The maximum atomic E-state index is 13.2. The molecule has 0 bridgehead atoms. The summed E-state index contributed by atoms with van der Waals surface area (Å²) >= 11 is 0. The number of ether oxygens (including phenoxy) is 4. The first-order chi connectivity index (χ1) is 16.4. The van der Waals surface area contributed by atoms with Gasteiger partial charge in [-0.3, -0.25) is 4.79 Å². The summed E-state index contributed by atoms with van der Waals surface area (Å²) < 4.78 is 22.7. The summed E-state index contributed by atoms with van der Waals surface area (Å²) in [5.74, 6) is 1.48. The predicted octanol–water partition coefficient (Wildman–Crippen LogP) is 4.55. The molecule has 0 fully saturated rings. The molecule has 7 nitrogen and oxygen atoms in total. The Hall–Kier alpha value is -3.71. The number of amides is 1. The van der Waals surface area contributed by atoms with Crippen LogP contribution in [0.2, 0.25) is 0 Å². The molecule has 34 heavy (non-hydrogen) atoms. The average Bonchev–Trinajstić information content (AvgIpc) is 2.82. The zero-order chi connectivity index (χ0) is 24.7. The molecule has 3 N–H and O–H groups in total. The van der Waals surface area contributed by atoms with E-state index < -0.39 is 0 Å². The van der Waals surface area contributed by atoms with Gasteiger partial charge in [0.05, 0.1) is 26.9 Å². The number of nitrogens with two attached hydrogens (primary N) is 1. The maximum absolute atomic E-state index is 13.2. The molecule has 7 heteroatoms. The van der Waals surface area contributed by atoms with E-state index in [2.05, 4.69) is 11.4 Å². The number of methoxy groups -OCH3 is 3. The van der Waals surface area contributed by atoms with E-state index in [1.165, 1.54) is 21.3 Å². The summed E-state index contributed by atoms with van der Waals surface area (Å²) in [5, 5.41) is 2.96. The molecule has 0 saturated heterocycles. The fourth-order valence-corrected chi connectivity index (χ4v) is 3.89. The number of benzene rings is 3. The summed E-state index contributed by atoms with van der Waals surface area (Å²) in [5.41, 5.74) is 10.3. The molecule has 0 atom stereocenters. The van der Waals surface area contributed by atoms with Gasteiger partial charge in [-0.2, -0.15) is 0 Å². The summed E-state index contributed by atoms with van der Waals surface area (Å²) in [7, 11) is 4.48. The largest absolute Gasteiger partial charge is 0.492 e. The first-order valence-corrected chi connectivity index (χ1v) is 11.0. The molecule has 0 aliphatic heterocycles. The second-order valence-electron chi connectivity index (χ2n) is 7.99. The van der Waals surface area contributed by atoms with Crippen molar-refractivity contribution in [2.24, 2.45) is 5.73 Å². The van der Waals surface area contributed by atoms with Gasteiger partial charge in [0.25, 0.3) is 5.91 Å². The molecule has 0 aliphatic rings. The number of carbonyl (C=O) groups is 1. The van der Waals surface area contributed by atoms with Crippen LogP contribution < -0.4 is 30.0 Å². The van der Waals surface area contributed by atoms with Gasteiger partial charge in [-0.15, -0.1) is 0 Å². The van der Waals surface area contributed by atoms with E-state index in [0.717, 1.165) is 28.7 Å². The van der Waals surface area contributed by atoms with Crippen LogP contribution in [0.1, 0.15) is 32.6 Å². The van der Waals surface area contributed by atoms with Crippen LogP contribution in [0.15, 0.2) is 48.5 Å². The molecule has 3 aromatic carbocycles. The van der Waals surface area contributed by atoms with Gasteiger partial charge in [-0.05, 0) is 50.1 Å². The molecule has 3 aromatic rings. The van der Waals surface area contributed by atoms with E-state index in [9.17, 15) is 4.79 Å². The van der Waals surface area contributed by atoms with Crippen molar-refractivity contribution in [1.82, 2.24) is 5.32 Å². The third-order valence-electron chi connectivity index (χ3n) is 5.33. The van der Waals surface area contributed by atoms with E-state index >= 15 is 0 Å². The number of carbonyl (C=O) groups excluding carboxylic acids is 1. The van der Waals surface area contributed by atoms with Gasteiger partial charge in [0.1, 0.15) is 5.75 Å². The van der Waals surface area contributed by atoms with E-state index in [4.69, 9.17) is 24.7 Å². The third-order valence-corrected chi connectivity index (χ3v) is 5.33.